The molecule has 5 rings (SSSR count). The van der Waals surface area contributed by atoms with Crippen LogP contribution in [0.4, 0.5) is 20.4 Å². The standard InChI is InChI=1S/C33H36F2N6O5/c1-19-13-26(39-29(14-19)40-28-15-22(30(34)35)11-12-36-28)23-7-10-27(37-16-23)33(3,44)25-8-5-21(6-9-25)31(42)45-20(2)46-32(43)24-17-38-41(4)18-24/h7,10-18,20-21,25,30,44H,5-6,8-9H2,1-4H3,(H,36,39,40)/t20-,21?,25?,33+/m0/s1. The smallest absolute Gasteiger partial charge is 0.344 e. The average Bonchev–Trinajstić information content (AvgIpc) is 3.47. The number of nitrogens with zero attached hydrogens (tertiary/aromatic N) is 5. The van der Waals surface area contributed by atoms with E-state index in [2.05, 4.69) is 25.4 Å². The summed E-state index contributed by atoms with van der Waals surface area (Å²) >= 11 is 0. The van der Waals surface area contributed by atoms with Crippen molar-refractivity contribution < 1.29 is 33.0 Å². The van der Waals surface area contributed by atoms with Crippen molar-refractivity contribution in [3.8, 4) is 11.3 Å². The predicted octanol–water partition coefficient (Wildman–Crippen LogP) is 6.02. The predicted molar refractivity (Wildman–Crippen MR) is 164 cm³/mol. The molecule has 13 heteroatoms. The quantitative estimate of drug-likeness (QED) is 0.157. The Balaban J connectivity index is 1.18. The number of aliphatic hydroxyl groups is 1. The Hall–Kier alpha value is -4.78. The fourth-order valence-electron chi connectivity index (χ4n) is 5.64. The fourth-order valence-corrected chi connectivity index (χ4v) is 5.64. The molecule has 0 spiro atoms. The number of aryl methyl sites for hydroxylation is 2. The lowest BCUT2D eigenvalue weighted by Crippen LogP contribution is -2.37. The minimum atomic E-state index is -2.61. The fraction of sp³-hybridized carbons (Fsp3) is 0.394. The van der Waals surface area contributed by atoms with Crippen LogP contribution in [0.3, 0.4) is 0 Å². The van der Waals surface area contributed by atoms with Crippen molar-refractivity contribution in [2.24, 2.45) is 18.9 Å². The van der Waals surface area contributed by atoms with Crippen LogP contribution in [0.1, 0.15) is 73.1 Å². The van der Waals surface area contributed by atoms with E-state index in [0.29, 0.717) is 48.5 Å². The molecule has 0 amide bonds. The van der Waals surface area contributed by atoms with Crippen molar-refractivity contribution >= 4 is 23.6 Å². The summed E-state index contributed by atoms with van der Waals surface area (Å²) in [5, 5.41) is 18.5. The van der Waals surface area contributed by atoms with E-state index in [0.717, 1.165) is 5.56 Å². The Bertz CT molecular complexity index is 1690. The summed E-state index contributed by atoms with van der Waals surface area (Å²) in [6, 6.07) is 9.80. The molecule has 1 saturated carbocycles. The molecule has 4 aromatic rings. The Morgan fingerprint density at radius 2 is 1.80 bits per heavy atom. The molecule has 4 heterocycles. The third-order valence-electron chi connectivity index (χ3n) is 8.19. The molecule has 0 aromatic carbocycles. The van der Waals surface area contributed by atoms with Crippen LogP contribution in [0.25, 0.3) is 11.3 Å². The van der Waals surface area contributed by atoms with Crippen molar-refractivity contribution in [2.75, 3.05) is 5.32 Å². The van der Waals surface area contributed by atoms with Crippen LogP contribution in [0.5, 0.6) is 0 Å². The molecule has 0 saturated heterocycles. The summed E-state index contributed by atoms with van der Waals surface area (Å²) < 4.78 is 38.3. The summed E-state index contributed by atoms with van der Waals surface area (Å²) in [7, 11) is 1.68. The summed E-state index contributed by atoms with van der Waals surface area (Å²) in [5.41, 5.74) is 1.60. The lowest BCUT2D eigenvalue weighted by molar-refractivity contribution is -0.172. The van der Waals surface area contributed by atoms with Crippen molar-refractivity contribution in [1.29, 1.82) is 0 Å². The van der Waals surface area contributed by atoms with Crippen LogP contribution < -0.4 is 5.32 Å². The van der Waals surface area contributed by atoms with Crippen molar-refractivity contribution in [3.63, 3.8) is 0 Å². The van der Waals surface area contributed by atoms with E-state index in [9.17, 15) is 23.5 Å². The van der Waals surface area contributed by atoms with Crippen LogP contribution in [0.15, 0.2) is 61.2 Å². The molecule has 2 N–H and O–H groups in total. The molecule has 2 atom stereocenters. The topological polar surface area (TPSA) is 141 Å². The van der Waals surface area contributed by atoms with E-state index in [4.69, 9.17) is 9.47 Å². The molecule has 11 nitrogen and oxygen atoms in total. The number of ether oxygens (including phenoxy) is 2. The number of aromatic nitrogens is 5. The summed E-state index contributed by atoms with van der Waals surface area (Å²) in [6.45, 7) is 5.12. The number of halogens is 2. The van der Waals surface area contributed by atoms with Gasteiger partial charge >= 0.3 is 11.9 Å². The largest absolute Gasteiger partial charge is 0.425 e. The maximum absolute atomic E-state index is 13.1. The Morgan fingerprint density at radius 1 is 1.04 bits per heavy atom. The number of hydrogen-bond acceptors (Lipinski definition) is 10. The van der Waals surface area contributed by atoms with E-state index in [-0.39, 0.29) is 28.8 Å². The highest BCUT2D eigenvalue weighted by Crippen LogP contribution is 2.41. The molecule has 0 radical (unpaired) electrons. The average molecular weight is 635 g/mol. The number of alkyl halides is 2. The Morgan fingerprint density at radius 3 is 2.46 bits per heavy atom. The van der Waals surface area contributed by atoms with Crippen molar-refractivity contribution in [3.05, 3.63) is 83.6 Å². The zero-order chi connectivity index (χ0) is 33.0. The summed E-state index contributed by atoms with van der Waals surface area (Å²) in [4.78, 5) is 38.3. The first kappa shape index (κ1) is 32.6. The molecular weight excluding hydrogens is 598 g/mol. The molecule has 0 unspecified atom stereocenters. The SMILES string of the molecule is Cc1cc(Nc2cc(C(F)F)ccn2)nc(-c2ccc([C@](C)(O)C3CCC(C(=O)O[C@H](C)OC(=O)c4cnn(C)c4)CC3)nc2)c1. The highest BCUT2D eigenvalue weighted by atomic mass is 19.3. The molecular formula is C33H36F2N6O5. The molecule has 46 heavy (non-hydrogen) atoms. The van der Waals surface area contributed by atoms with Gasteiger partial charge in [-0.15, -0.1) is 0 Å². The molecule has 1 fully saturated rings. The summed E-state index contributed by atoms with van der Waals surface area (Å²) in [6.07, 6.45) is 4.38. The van der Waals surface area contributed by atoms with Crippen LogP contribution in [-0.2, 0) is 26.9 Å². The first-order valence-electron chi connectivity index (χ1n) is 15.0. The van der Waals surface area contributed by atoms with Gasteiger partial charge in [0.25, 0.3) is 6.43 Å². The van der Waals surface area contributed by atoms with E-state index in [1.165, 1.54) is 42.3 Å². The number of anilines is 2. The van der Waals surface area contributed by atoms with Gasteiger partial charge in [-0.1, -0.05) is 0 Å². The van der Waals surface area contributed by atoms with E-state index in [1.807, 2.05) is 19.1 Å². The molecule has 242 valence electrons. The van der Waals surface area contributed by atoms with Gasteiger partial charge in [0.05, 0.1) is 29.1 Å². The second-order valence-corrected chi connectivity index (χ2v) is 11.8. The molecule has 1 aliphatic rings. The highest BCUT2D eigenvalue weighted by Gasteiger charge is 2.39. The lowest BCUT2D eigenvalue weighted by atomic mass is 9.73. The number of hydrogen-bond donors (Lipinski definition) is 2. The molecule has 0 aliphatic heterocycles. The van der Waals surface area contributed by atoms with E-state index < -0.39 is 30.3 Å². The first-order chi connectivity index (χ1) is 21.9. The van der Waals surface area contributed by atoms with Crippen LogP contribution in [-0.4, -0.2) is 48.1 Å². The van der Waals surface area contributed by atoms with Gasteiger partial charge in [0, 0.05) is 43.7 Å². The maximum Gasteiger partial charge on any atom is 0.344 e. The number of carbonyl (C=O) groups is 2. The van der Waals surface area contributed by atoms with Gasteiger partial charge in [-0.3, -0.25) is 14.5 Å². The monoisotopic (exact) mass is 634 g/mol. The molecule has 0 bridgehead atoms. The second kappa shape index (κ2) is 13.7. The maximum atomic E-state index is 13.1. The number of nitrogens with one attached hydrogen (secondary N) is 1. The third kappa shape index (κ3) is 7.71. The lowest BCUT2D eigenvalue weighted by Gasteiger charge is -2.37. The van der Waals surface area contributed by atoms with Crippen LogP contribution in [0.2, 0.25) is 0 Å². The van der Waals surface area contributed by atoms with Gasteiger partial charge in [-0.25, -0.2) is 23.5 Å². The zero-order valence-corrected chi connectivity index (χ0v) is 26.0. The number of carbonyl (C=O) groups excluding carboxylic acids is 2. The number of esters is 2. The minimum Gasteiger partial charge on any atom is -0.425 e. The van der Waals surface area contributed by atoms with Gasteiger partial charge in [-0.2, -0.15) is 5.10 Å². The van der Waals surface area contributed by atoms with Crippen LogP contribution >= 0.6 is 0 Å². The third-order valence-corrected chi connectivity index (χ3v) is 8.19. The van der Waals surface area contributed by atoms with Gasteiger partial charge in [0.2, 0.25) is 6.29 Å². The van der Waals surface area contributed by atoms with Crippen molar-refractivity contribution in [1.82, 2.24) is 24.7 Å². The van der Waals surface area contributed by atoms with E-state index >= 15 is 0 Å². The Labute approximate surface area is 265 Å². The Kier molecular flexibility index (Phi) is 9.71. The van der Waals surface area contributed by atoms with Gasteiger partial charge in [0.15, 0.2) is 0 Å². The minimum absolute atomic E-state index is 0.139. The van der Waals surface area contributed by atoms with Crippen molar-refractivity contribution in [2.45, 2.75) is 64.8 Å². The molecule has 4 aromatic heterocycles. The van der Waals surface area contributed by atoms with Crippen LogP contribution in [0, 0.1) is 18.8 Å². The van der Waals surface area contributed by atoms with E-state index in [1.54, 1.807) is 32.3 Å². The number of pyridine rings is 3. The second-order valence-electron chi connectivity index (χ2n) is 11.8. The normalized spacial score (nSPS) is 18.4. The van der Waals surface area contributed by atoms with Gasteiger partial charge in [0.1, 0.15) is 17.2 Å². The summed E-state index contributed by atoms with van der Waals surface area (Å²) in [5.74, 6) is -0.874. The van der Waals surface area contributed by atoms with Gasteiger partial charge in [-0.05, 0) is 87.4 Å². The first-order valence-corrected chi connectivity index (χ1v) is 15.0. The van der Waals surface area contributed by atoms with Gasteiger partial charge < -0.3 is 19.9 Å². The highest BCUT2D eigenvalue weighted by molar-refractivity contribution is 5.88. The zero-order valence-electron chi connectivity index (χ0n) is 26.0. The molecule has 1 aliphatic carbocycles. The number of rotatable bonds is 10.